The van der Waals surface area contributed by atoms with Crippen molar-refractivity contribution >= 4 is 23.2 Å². The molecule has 0 aliphatic carbocycles. The molecule has 1 fully saturated rings. The van der Waals surface area contributed by atoms with Gasteiger partial charge < -0.3 is 5.32 Å². The van der Waals surface area contributed by atoms with Gasteiger partial charge in [-0.15, -0.1) is 0 Å². The van der Waals surface area contributed by atoms with E-state index in [0.717, 1.165) is 37.7 Å². The van der Waals surface area contributed by atoms with Crippen LogP contribution < -0.4 is 5.32 Å². The van der Waals surface area contributed by atoms with Crippen molar-refractivity contribution in [2.75, 3.05) is 26.2 Å². The maximum Gasteiger partial charge on any atom is 0.0637 e. The van der Waals surface area contributed by atoms with Gasteiger partial charge in [0.25, 0.3) is 0 Å². The van der Waals surface area contributed by atoms with Crippen molar-refractivity contribution in [3.63, 3.8) is 0 Å². The Morgan fingerprint density at radius 1 is 1.35 bits per heavy atom. The van der Waals surface area contributed by atoms with Crippen molar-refractivity contribution in [3.8, 4) is 0 Å². The van der Waals surface area contributed by atoms with E-state index in [1.165, 1.54) is 25.8 Å². The molecule has 1 N–H and O–H groups in total. The number of nitrogens with one attached hydrogen (secondary N) is 1. The molecule has 0 radical (unpaired) electrons. The van der Waals surface area contributed by atoms with Crippen LogP contribution in [-0.2, 0) is 6.54 Å². The van der Waals surface area contributed by atoms with E-state index in [-0.39, 0.29) is 0 Å². The second kappa shape index (κ2) is 8.23. The van der Waals surface area contributed by atoms with Gasteiger partial charge in [-0.3, -0.25) is 4.90 Å². The van der Waals surface area contributed by atoms with E-state index < -0.39 is 0 Å². The Balaban J connectivity index is 1.98. The number of hydrogen-bond donors (Lipinski definition) is 1. The number of hydrogen-bond acceptors (Lipinski definition) is 2. The van der Waals surface area contributed by atoms with Crippen molar-refractivity contribution < 1.29 is 0 Å². The summed E-state index contributed by atoms with van der Waals surface area (Å²) in [6, 6.07) is 5.91. The first kappa shape index (κ1) is 16.1. The first-order chi connectivity index (χ1) is 9.70. The molecule has 1 unspecified atom stereocenters. The molecule has 4 heteroatoms. The minimum atomic E-state index is 0.653. The lowest BCUT2D eigenvalue weighted by atomic mass is 9.98. The molecule has 1 aromatic carbocycles. The Kier molecular flexibility index (Phi) is 6.63. The third-order valence-electron chi connectivity index (χ3n) is 3.88. The van der Waals surface area contributed by atoms with Gasteiger partial charge >= 0.3 is 0 Å². The van der Waals surface area contributed by atoms with E-state index in [0.29, 0.717) is 10.0 Å². The van der Waals surface area contributed by atoms with Crippen molar-refractivity contribution in [1.29, 1.82) is 0 Å². The normalized spacial score (nSPS) is 19.5. The summed E-state index contributed by atoms with van der Waals surface area (Å²) in [5, 5.41) is 4.85. The highest BCUT2D eigenvalue weighted by molar-refractivity contribution is 6.42. The molecule has 0 spiro atoms. The molecule has 0 aromatic heterocycles. The van der Waals surface area contributed by atoms with Crippen LogP contribution in [0.4, 0.5) is 0 Å². The predicted molar refractivity (Wildman–Crippen MR) is 87.6 cm³/mol. The minimum absolute atomic E-state index is 0.653. The number of benzene rings is 1. The van der Waals surface area contributed by atoms with Crippen LogP contribution in [0.25, 0.3) is 0 Å². The van der Waals surface area contributed by atoms with Gasteiger partial charge in [-0.25, -0.2) is 0 Å². The monoisotopic (exact) mass is 314 g/mol. The maximum absolute atomic E-state index is 6.31. The summed E-state index contributed by atoms with van der Waals surface area (Å²) in [5.41, 5.74) is 1.14. The molecule has 20 heavy (non-hydrogen) atoms. The van der Waals surface area contributed by atoms with E-state index in [2.05, 4.69) is 23.2 Å². The summed E-state index contributed by atoms with van der Waals surface area (Å²) in [7, 11) is 0. The lowest BCUT2D eigenvalue weighted by Crippen LogP contribution is -2.38. The summed E-state index contributed by atoms with van der Waals surface area (Å²) in [4.78, 5) is 2.51. The zero-order valence-corrected chi connectivity index (χ0v) is 13.7. The molecule has 1 atom stereocenters. The topological polar surface area (TPSA) is 15.3 Å². The average molecular weight is 315 g/mol. The fourth-order valence-corrected chi connectivity index (χ4v) is 3.29. The predicted octanol–water partition coefficient (Wildman–Crippen LogP) is 4.21. The van der Waals surface area contributed by atoms with Crippen LogP contribution in [0.1, 0.15) is 31.7 Å². The molecule has 1 aromatic rings. The second-order valence-electron chi connectivity index (χ2n) is 5.66. The lowest BCUT2D eigenvalue weighted by Gasteiger charge is -2.30. The molecular weight excluding hydrogens is 291 g/mol. The summed E-state index contributed by atoms with van der Waals surface area (Å²) >= 11 is 12.4. The van der Waals surface area contributed by atoms with Crippen molar-refractivity contribution in [3.05, 3.63) is 33.8 Å². The fraction of sp³-hybridized carbons (Fsp3) is 0.625. The number of halogens is 2. The van der Waals surface area contributed by atoms with Crippen LogP contribution in [-0.4, -0.2) is 31.1 Å². The molecule has 112 valence electrons. The third kappa shape index (κ3) is 4.63. The van der Waals surface area contributed by atoms with Gasteiger partial charge in [-0.1, -0.05) is 42.3 Å². The molecule has 1 heterocycles. The van der Waals surface area contributed by atoms with Crippen LogP contribution in [0.3, 0.4) is 0 Å². The highest BCUT2D eigenvalue weighted by Gasteiger charge is 2.17. The molecule has 2 rings (SSSR count). The second-order valence-corrected chi connectivity index (χ2v) is 6.45. The Hall–Kier alpha value is -0.280. The summed E-state index contributed by atoms with van der Waals surface area (Å²) < 4.78 is 0. The van der Waals surface area contributed by atoms with E-state index in [1.54, 1.807) is 0 Å². The van der Waals surface area contributed by atoms with Gasteiger partial charge in [-0.05, 0) is 56.4 Å². The highest BCUT2D eigenvalue weighted by Crippen LogP contribution is 2.27. The minimum Gasteiger partial charge on any atom is -0.316 e. The molecule has 1 aliphatic rings. The van der Waals surface area contributed by atoms with Gasteiger partial charge in [0.15, 0.2) is 0 Å². The van der Waals surface area contributed by atoms with Gasteiger partial charge in [0.2, 0.25) is 0 Å². The zero-order chi connectivity index (χ0) is 14.4. The average Bonchev–Trinajstić information content (AvgIpc) is 2.45. The van der Waals surface area contributed by atoms with Crippen molar-refractivity contribution in [2.24, 2.45) is 5.92 Å². The fourth-order valence-electron chi connectivity index (χ4n) is 2.91. The van der Waals surface area contributed by atoms with Crippen LogP contribution >= 0.6 is 23.2 Å². The lowest BCUT2D eigenvalue weighted by molar-refractivity contribution is 0.201. The SMILES string of the molecule is CCCN(Cc1cccc(Cl)c1Cl)CC1CCCNC1. The van der Waals surface area contributed by atoms with Gasteiger partial charge in [-0.2, -0.15) is 0 Å². The molecule has 0 bridgehead atoms. The first-order valence-electron chi connectivity index (χ1n) is 7.56. The summed E-state index contributed by atoms with van der Waals surface area (Å²) in [6.45, 7) is 7.69. The van der Waals surface area contributed by atoms with Crippen LogP contribution in [0, 0.1) is 5.92 Å². The van der Waals surface area contributed by atoms with Crippen LogP contribution in [0.5, 0.6) is 0 Å². The third-order valence-corrected chi connectivity index (χ3v) is 4.74. The molecular formula is C16H24Cl2N2. The Morgan fingerprint density at radius 2 is 2.20 bits per heavy atom. The van der Waals surface area contributed by atoms with Crippen molar-refractivity contribution in [1.82, 2.24) is 10.2 Å². The first-order valence-corrected chi connectivity index (χ1v) is 8.32. The molecule has 1 saturated heterocycles. The Morgan fingerprint density at radius 3 is 2.90 bits per heavy atom. The highest BCUT2D eigenvalue weighted by atomic mass is 35.5. The van der Waals surface area contributed by atoms with Crippen LogP contribution in [0.2, 0.25) is 10.0 Å². The standard InChI is InChI=1S/C16H24Cl2N2/c1-2-9-20(11-13-5-4-8-19-10-13)12-14-6-3-7-15(17)16(14)18/h3,6-7,13,19H,2,4-5,8-12H2,1H3. The van der Waals surface area contributed by atoms with E-state index in [1.807, 2.05) is 12.1 Å². The van der Waals surface area contributed by atoms with Crippen LogP contribution in [0.15, 0.2) is 18.2 Å². The Labute approximate surface area is 132 Å². The number of rotatable bonds is 6. The van der Waals surface area contributed by atoms with Gasteiger partial charge in [0.1, 0.15) is 0 Å². The Bertz CT molecular complexity index is 417. The maximum atomic E-state index is 6.31. The van der Waals surface area contributed by atoms with E-state index >= 15 is 0 Å². The zero-order valence-electron chi connectivity index (χ0n) is 12.2. The largest absolute Gasteiger partial charge is 0.316 e. The summed E-state index contributed by atoms with van der Waals surface area (Å²) in [6.07, 6.45) is 3.79. The van der Waals surface area contributed by atoms with E-state index in [9.17, 15) is 0 Å². The van der Waals surface area contributed by atoms with Gasteiger partial charge in [0, 0.05) is 13.1 Å². The number of nitrogens with zero attached hydrogens (tertiary/aromatic N) is 1. The summed E-state index contributed by atoms with van der Waals surface area (Å²) in [5.74, 6) is 0.758. The molecule has 0 saturated carbocycles. The molecule has 1 aliphatic heterocycles. The van der Waals surface area contributed by atoms with E-state index in [4.69, 9.17) is 23.2 Å². The van der Waals surface area contributed by atoms with Crippen molar-refractivity contribution in [2.45, 2.75) is 32.7 Å². The molecule has 0 amide bonds. The molecule has 2 nitrogen and oxygen atoms in total. The quantitative estimate of drug-likeness (QED) is 0.846. The smallest absolute Gasteiger partial charge is 0.0637 e. The van der Waals surface area contributed by atoms with Gasteiger partial charge in [0.05, 0.1) is 10.0 Å². The number of piperidine rings is 1.